The average Bonchev–Trinajstić information content (AvgIpc) is 3.07. The Balaban J connectivity index is 1.75. The third-order valence-corrected chi connectivity index (χ3v) is 4.00. The van der Waals surface area contributed by atoms with Crippen LogP contribution in [0.4, 0.5) is 10.5 Å². The van der Waals surface area contributed by atoms with Crippen molar-refractivity contribution < 1.29 is 9.32 Å². The molecule has 2 N–H and O–H groups in total. The largest absolute Gasteiger partial charge is 0.336 e. The minimum Gasteiger partial charge on any atom is -0.336 e. The summed E-state index contributed by atoms with van der Waals surface area (Å²) in [6.07, 6.45) is 0. The molecule has 0 saturated heterocycles. The quantitative estimate of drug-likeness (QED) is 0.723. The molecule has 0 spiro atoms. The zero-order valence-corrected chi connectivity index (χ0v) is 15.3. The molecule has 0 bridgehead atoms. The van der Waals surface area contributed by atoms with Crippen LogP contribution in [-0.4, -0.2) is 22.2 Å². The summed E-state index contributed by atoms with van der Waals surface area (Å²) < 4.78 is 5.40. The van der Waals surface area contributed by atoms with Crippen molar-refractivity contribution in [3.63, 3.8) is 0 Å². The Morgan fingerprint density at radius 3 is 2.35 bits per heavy atom. The highest BCUT2D eigenvalue weighted by molar-refractivity contribution is 5.89. The number of hydrogen-bond donors (Lipinski definition) is 2. The number of carbonyl (C=O) groups excluding carboxylic acids is 1. The van der Waals surface area contributed by atoms with Crippen LogP contribution < -0.4 is 10.6 Å². The van der Waals surface area contributed by atoms with Crippen LogP contribution in [0.2, 0.25) is 0 Å². The first-order valence-electron chi connectivity index (χ1n) is 8.51. The van der Waals surface area contributed by atoms with Crippen molar-refractivity contribution in [3.05, 3.63) is 53.6 Å². The number of benzene rings is 2. The van der Waals surface area contributed by atoms with Crippen molar-refractivity contribution in [1.82, 2.24) is 15.5 Å². The molecular formula is C20H22N4O2. The van der Waals surface area contributed by atoms with Crippen molar-refractivity contribution in [1.29, 1.82) is 0 Å². The van der Waals surface area contributed by atoms with Gasteiger partial charge < -0.3 is 15.2 Å². The van der Waals surface area contributed by atoms with Gasteiger partial charge in [0.25, 0.3) is 5.89 Å². The topological polar surface area (TPSA) is 80.0 Å². The maximum absolute atomic E-state index is 11.7. The summed E-state index contributed by atoms with van der Waals surface area (Å²) >= 11 is 0. The van der Waals surface area contributed by atoms with E-state index in [1.54, 1.807) is 12.1 Å². The lowest BCUT2D eigenvalue weighted by Gasteiger charge is -2.10. The van der Waals surface area contributed by atoms with Crippen LogP contribution in [0.3, 0.4) is 0 Å². The maximum Gasteiger partial charge on any atom is 0.319 e. The summed E-state index contributed by atoms with van der Waals surface area (Å²) in [6, 6.07) is 13.2. The van der Waals surface area contributed by atoms with Gasteiger partial charge in [-0.2, -0.15) is 4.98 Å². The van der Waals surface area contributed by atoms with E-state index in [0.29, 0.717) is 17.4 Å². The minimum absolute atomic E-state index is 0.0810. The standard InChI is InChI=1S/C20H22N4O2/c1-12(2)21-20(25)22-17-9-7-15(8-10-17)18-23-19(26-24-18)16-6-5-13(3)14(4)11-16/h5-12H,1-4H3,(H2,21,22,25). The Labute approximate surface area is 152 Å². The Kier molecular flexibility index (Phi) is 5.02. The van der Waals surface area contributed by atoms with Crippen molar-refractivity contribution in [2.75, 3.05) is 5.32 Å². The van der Waals surface area contributed by atoms with Crippen LogP contribution in [0.25, 0.3) is 22.8 Å². The molecule has 0 aliphatic carbocycles. The van der Waals surface area contributed by atoms with Gasteiger partial charge in [-0.25, -0.2) is 4.79 Å². The minimum atomic E-state index is -0.232. The molecule has 26 heavy (non-hydrogen) atoms. The van der Waals surface area contributed by atoms with Crippen LogP contribution in [0, 0.1) is 13.8 Å². The zero-order chi connectivity index (χ0) is 18.7. The number of aromatic nitrogens is 2. The molecule has 2 aromatic carbocycles. The van der Waals surface area contributed by atoms with Crippen LogP contribution >= 0.6 is 0 Å². The fourth-order valence-electron chi connectivity index (χ4n) is 2.46. The van der Waals surface area contributed by atoms with E-state index in [1.165, 1.54) is 11.1 Å². The maximum atomic E-state index is 11.7. The van der Waals surface area contributed by atoms with Crippen LogP contribution in [0.5, 0.6) is 0 Å². The lowest BCUT2D eigenvalue weighted by Crippen LogP contribution is -2.34. The first-order valence-corrected chi connectivity index (χ1v) is 8.51. The van der Waals surface area contributed by atoms with E-state index in [2.05, 4.69) is 34.6 Å². The number of urea groups is 1. The molecular weight excluding hydrogens is 328 g/mol. The molecule has 3 aromatic rings. The van der Waals surface area contributed by atoms with E-state index < -0.39 is 0 Å². The molecule has 0 aliphatic rings. The highest BCUT2D eigenvalue weighted by Gasteiger charge is 2.11. The number of carbonyl (C=O) groups is 1. The number of nitrogens with one attached hydrogen (secondary N) is 2. The van der Waals surface area contributed by atoms with Crippen molar-refractivity contribution in [2.24, 2.45) is 0 Å². The van der Waals surface area contributed by atoms with E-state index in [9.17, 15) is 4.79 Å². The molecule has 1 heterocycles. The van der Waals surface area contributed by atoms with Gasteiger partial charge >= 0.3 is 6.03 Å². The number of hydrogen-bond acceptors (Lipinski definition) is 4. The smallest absolute Gasteiger partial charge is 0.319 e. The lowest BCUT2D eigenvalue weighted by molar-refractivity contribution is 0.250. The zero-order valence-electron chi connectivity index (χ0n) is 15.3. The van der Waals surface area contributed by atoms with E-state index in [1.807, 2.05) is 44.2 Å². The van der Waals surface area contributed by atoms with Crippen molar-refractivity contribution in [2.45, 2.75) is 33.7 Å². The number of amides is 2. The molecule has 0 radical (unpaired) electrons. The summed E-state index contributed by atoms with van der Waals surface area (Å²) in [5.41, 5.74) is 4.81. The first kappa shape index (κ1) is 17.7. The number of rotatable bonds is 4. The number of anilines is 1. The van der Waals surface area contributed by atoms with Gasteiger partial charge in [-0.15, -0.1) is 0 Å². The van der Waals surface area contributed by atoms with Gasteiger partial charge in [0.05, 0.1) is 0 Å². The lowest BCUT2D eigenvalue weighted by atomic mass is 10.1. The van der Waals surface area contributed by atoms with E-state index >= 15 is 0 Å². The number of nitrogens with zero attached hydrogens (tertiary/aromatic N) is 2. The van der Waals surface area contributed by atoms with Gasteiger partial charge in [0.2, 0.25) is 5.82 Å². The molecule has 0 fully saturated rings. The van der Waals surface area contributed by atoms with Crippen LogP contribution in [-0.2, 0) is 0 Å². The first-order chi connectivity index (χ1) is 12.4. The van der Waals surface area contributed by atoms with Crippen LogP contribution in [0.1, 0.15) is 25.0 Å². The monoisotopic (exact) mass is 350 g/mol. The SMILES string of the molecule is Cc1ccc(-c2nc(-c3ccc(NC(=O)NC(C)C)cc3)no2)cc1C. The van der Waals surface area contributed by atoms with Gasteiger partial charge in [0, 0.05) is 22.9 Å². The summed E-state index contributed by atoms with van der Waals surface area (Å²) in [4.78, 5) is 16.2. The highest BCUT2D eigenvalue weighted by atomic mass is 16.5. The summed E-state index contributed by atoms with van der Waals surface area (Å²) in [5, 5.41) is 9.62. The van der Waals surface area contributed by atoms with E-state index in [-0.39, 0.29) is 12.1 Å². The predicted octanol–water partition coefficient (Wildman–Crippen LogP) is 4.55. The Morgan fingerprint density at radius 2 is 1.69 bits per heavy atom. The molecule has 134 valence electrons. The number of aryl methyl sites for hydroxylation is 2. The molecule has 2 amide bonds. The second-order valence-corrected chi connectivity index (χ2v) is 6.55. The second-order valence-electron chi connectivity index (χ2n) is 6.55. The van der Waals surface area contributed by atoms with E-state index in [4.69, 9.17) is 4.52 Å². The van der Waals surface area contributed by atoms with Gasteiger partial charge in [0.15, 0.2) is 0 Å². The molecule has 0 saturated carbocycles. The molecule has 0 aliphatic heterocycles. The third-order valence-electron chi connectivity index (χ3n) is 4.00. The highest BCUT2D eigenvalue weighted by Crippen LogP contribution is 2.24. The predicted molar refractivity (Wildman–Crippen MR) is 102 cm³/mol. The second kappa shape index (κ2) is 7.39. The van der Waals surface area contributed by atoms with E-state index in [0.717, 1.165) is 11.1 Å². The Morgan fingerprint density at radius 1 is 1.00 bits per heavy atom. The fraction of sp³-hybridized carbons (Fsp3) is 0.250. The van der Waals surface area contributed by atoms with Gasteiger partial charge in [-0.1, -0.05) is 11.2 Å². The summed E-state index contributed by atoms with van der Waals surface area (Å²) in [5.74, 6) is 0.998. The molecule has 0 atom stereocenters. The molecule has 3 rings (SSSR count). The fourth-order valence-corrected chi connectivity index (χ4v) is 2.46. The Bertz CT molecular complexity index is 914. The summed E-state index contributed by atoms with van der Waals surface area (Å²) in [6.45, 7) is 7.94. The Hall–Kier alpha value is -3.15. The van der Waals surface area contributed by atoms with Gasteiger partial charge in [-0.05, 0) is 75.2 Å². The van der Waals surface area contributed by atoms with Gasteiger partial charge in [-0.3, -0.25) is 0 Å². The average molecular weight is 350 g/mol. The van der Waals surface area contributed by atoms with Crippen molar-refractivity contribution in [3.8, 4) is 22.8 Å². The van der Waals surface area contributed by atoms with Crippen LogP contribution in [0.15, 0.2) is 47.0 Å². The van der Waals surface area contributed by atoms with Crippen molar-refractivity contribution >= 4 is 11.7 Å². The normalized spacial score (nSPS) is 10.8. The summed E-state index contributed by atoms with van der Waals surface area (Å²) in [7, 11) is 0. The third kappa shape index (κ3) is 4.08. The molecule has 6 nitrogen and oxygen atoms in total. The van der Waals surface area contributed by atoms with Gasteiger partial charge in [0.1, 0.15) is 0 Å². The molecule has 0 unspecified atom stereocenters. The molecule has 6 heteroatoms. The molecule has 1 aromatic heterocycles.